The number of carbonyl (C=O) groups is 2. The number of pyridine rings is 1. The van der Waals surface area contributed by atoms with Gasteiger partial charge in [0.25, 0.3) is 0 Å². The molecule has 0 unspecified atom stereocenters. The van der Waals surface area contributed by atoms with Crippen molar-refractivity contribution in [3.8, 4) is 5.75 Å². The summed E-state index contributed by atoms with van der Waals surface area (Å²) < 4.78 is 5.33. The first kappa shape index (κ1) is 20.9. The zero-order chi connectivity index (χ0) is 20.5. The van der Waals surface area contributed by atoms with Crippen molar-refractivity contribution in [3.63, 3.8) is 0 Å². The monoisotopic (exact) mass is 385 g/mol. The fraction of sp³-hybridized carbons (Fsp3) is 0.250. The van der Waals surface area contributed by atoms with E-state index in [4.69, 9.17) is 24.5 Å². The maximum atomic E-state index is 9.10. The van der Waals surface area contributed by atoms with E-state index < -0.39 is 11.9 Å². The standard InChI is InChI=1S/C18H21N3O.C2H2O4/c1-13-16(7-9-20-12-14-4-3-8-19-11-14)17-10-15(22-2)5-6-18(17)21-13;3-1(4)2(5)6/h3-6,8,10-11,20-21H,7,9,12H2,1-2H3;(H,3,4)(H,5,6). The van der Waals surface area contributed by atoms with Gasteiger partial charge in [0.15, 0.2) is 0 Å². The van der Waals surface area contributed by atoms with Crippen LogP contribution in [-0.2, 0) is 22.6 Å². The van der Waals surface area contributed by atoms with Gasteiger partial charge in [-0.1, -0.05) is 6.07 Å². The number of carboxylic acid groups (broad SMARTS) is 2. The van der Waals surface area contributed by atoms with Gasteiger partial charge in [0, 0.05) is 35.5 Å². The van der Waals surface area contributed by atoms with Crippen LogP contribution >= 0.6 is 0 Å². The number of nitrogens with zero attached hydrogens (tertiary/aromatic N) is 1. The lowest BCUT2D eigenvalue weighted by Gasteiger charge is -2.06. The van der Waals surface area contributed by atoms with Crippen molar-refractivity contribution in [1.82, 2.24) is 15.3 Å². The van der Waals surface area contributed by atoms with E-state index in [-0.39, 0.29) is 0 Å². The smallest absolute Gasteiger partial charge is 0.414 e. The van der Waals surface area contributed by atoms with Crippen LogP contribution in [0.5, 0.6) is 5.75 Å². The van der Waals surface area contributed by atoms with E-state index in [1.165, 1.54) is 27.7 Å². The van der Waals surface area contributed by atoms with Gasteiger partial charge in [-0.05, 0) is 55.3 Å². The quantitative estimate of drug-likeness (QED) is 0.379. The Morgan fingerprint density at radius 1 is 1.21 bits per heavy atom. The fourth-order valence-corrected chi connectivity index (χ4v) is 2.76. The van der Waals surface area contributed by atoms with Crippen molar-refractivity contribution in [1.29, 1.82) is 0 Å². The molecule has 0 saturated carbocycles. The Bertz CT molecular complexity index is 926. The van der Waals surface area contributed by atoms with Gasteiger partial charge in [0.1, 0.15) is 5.75 Å². The highest BCUT2D eigenvalue weighted by Crippen LogP contribution is 2.26. The van der Waals surface area contributed by atoms with Crippen molar-refractivity contribution >= 4 is 22.8 Å². The number of hydrogen-bond donors (Lipinski definition) is 4. The van der Waals surface area contributed by atoms with E-state index in [2.05, 4.69) is 40.4 Å². The van der Waals surface area contributed by atoms with Gasteiger partial charge in [-0.25, -0.2) is 9.59 Å². The zero-order valence-corrected chi connectivity index (χ0v) is 15.7. The summed E-state index contributed by atoms with van der Waals surface area (Å²) in [5.41, 5.74) is 4.96. The number of methoxy groups -OCH3 is 1. The van der Waals surface area contributed by atoms with Gasteiger partial charge >= 0.3 is 11.9 Å². The van der Waals surface area contributed by atoms with Gasteiger partial charge in [0.2, 0.25) is 0 Å². The van der Waals surface area contributed by atoms with Gasteiger partial charge in [-0.3, -0.25) is 4.98 Å². The summed E-state index contributed by atoms with van der Waals surface area (Å²) in [6, 6.07) is 10.2. The lowest BCUT2D eigenvalue weighted by atomic mass is 10.1. The highest BCUT2D eigenvalue weighted by molar-refractivity contribution is 6.27. The number of ether oxygens (including phenoxy) is 1. The Hall–Kier alpha value is -3.39. The molecular formula is C20H23N3O5. The van der Waals surface area contributed by atoms with E-state index in [9.17, 15) is 0 Å². The lowest BCUT2D eigenvalue weighted by Crippen LogP contribution is -2.16. The van der Waals surface area contributed by atoms with Crippen LogP contribution in [0.25, 0.3) is 10.9 Å². The van der Waals surface area contributed by atoms with E-state index in [1.54, 1.807) is 13.3 Å². The largest absolute Gasteiger partial charge is 0.497 e. The first-order valence-corrected chi connectivity index (χ1v) is 8.63. The number of carboxylic acids is 2. The maximum absolute atomic E-state index is 9.10. The van der Waals surface area contributed by atoms with Crippen molar-refractivity contribution in [2.75, 3.05) is 13.7 Å². The average molecular weight is 385 g/mol. The Morgan fingerprint density at radius 3 is 2.57 bits per heavy atom. The molecule has 0 saturated heterocycles. The summed E-state index contributed by atoms with van der Waals surface area (Å²) >= 11 is 0. The van der Waals surface area contributed by atoms with Crippen LogP contribution in [0.15, 0.2) is 42.7 Å². The highest BCUT2D eigenvalue weighted by Gasteiger charge is 2.09. The minimum absolute atomic E-state index is 0.846. The van der Waals surface area contributed by atoms with Crippen molar-refractivity contribution in [2.45, 2.75) is 19.9 Å². The molecule has 3 rings (SSSR count). The van der Waals surface area contributed by atoms with Crippen LogP contribution in [0.2, 0.25) is 0 Å². The molecule has 0 spiro atoms. The van der Waals surface area contributed by atoms with Crippen molar-refractivity contribution in [2.24, 2.45) is 0 Å². The third-order valence-electron chi connectivity index (χ3n) is 4.11. The molecule has 0 bridgehead atoms. The Kier molecular flexibility index (Phi) is 7.53. The summed E-state index contributed by atoms with van der Waals surface area (Å²) in [7, 11) is 1.70. The second kappa shape index (κ2) is 10.1. The molecule has 8 heteroatoms. The van der Waals surface area contributed by atoms with Crippen molar-refractivity contribution < 1.29 is 24.5 Å². The average Bonchev–Trinajstić information content (AvgIpc) is 3.00. The number of aryl methyl sites for hydroxylation is 1. The van der Waals surface area contributed by atoms with E-state index >= 15 is 0 Å². The van der Waals surface area contributed by atoms with Crippen LogP contribution in [0.1, 0.15) is 16.8 Å². The number of hydrogen-bond acceptors (Lipinski definition) is 5. The normalized spacial score (nSPS) is 10.2. The molecule has 0 radical (unpaired) electrons. The third kappa shape index (κ3) is 5.82. The molecule has 2 heterocycles. The van der Waals surface area contributed by atoms with E-state index in [1.807, 2.05) is 18.3 Å². The molecule has 0 aliphatic rings. The molecule has 3 aromatic rings. The number of H-pyrrole nitrogens is 1. The third-order valence-corrected chi connectivity index (χ3v) is 4.11. The number of nitrogens with one attached hydrogen (secondary N) is 2. The highest BCUT2D eigenvalue weighted by atomic mass is 16.5. The molecule has 1 aromatic carbocycles. The molecule has 28 heavy (non-hydrogen) atoms. The molecule has 0 fully saturated rings. The summed E-state index contributed by atoms with van der Waals surface area (Å²) in [4.78, 5) is 25.8. The summed E-state index contributed by atoms with van der Waals surface area (Å²) in [6.45, 7) is 3.90. The molecule has 0 aliphatic heterocycles. The lowest BCUT2D eigenvalue weighted by molar-refractivity contribution is -0.159. The molecule has 4 N–H and O–H groups in total. The Morgan fingerprint density at radius 2 is 1.96 bits per heavy atom. The zero-order valence-electron chi connectivity index (χ0n) is 15.7. The number of fused-ring (bicyclic) bond motifs is 1. The number of rotatable bonds is 6. The van der Waals surface area contributed by atoms with E-state index in [0.717, 1.165) is 25.3 Å². The van der Waals surface area contributed by atoms with Crippen LogP contribution in [0, 0.1) is 6.92 Å². The fourth-order valence-electron chi connectivity index (χ4n) is 2.76. The van der Waals surface area contributed by atoms with Gasteiger partial charge in [-0.2, -0.15) is 0 Å². The second-order valence-electron chi connectivity index (χ2n) is 6.04. The minimum atomic E-state index is -1.82. The first-order valence-electron chi connectivity index (χ1n) is 8.63. The molecule has 148 valence electrons. The Labute approximate surface area is 162 Å². The predicted octanol–water partition coefficient (Wildman–Crippen LogP) is 2.37. The molecular weight excluding hydrogens is 362 g/mol. The minimum Gasteiger partial charge on any atom is -0.497 e. The number of aliphatic carboxylic acids is 2. The van der Waals surface area contributed by atoms with Crippen LogP contribution < -0.4 is 10.1 Å². The van der Waals surface area contributed by atoms with Gasteiger partial charge < -0.3 is 25.3 Å². The summed E-state index contributed by atoms with van der Waals surface area (Å²) in [6.07, 6.45) is 4.68. The summed E-state index contributed by atoms with van der Waals surface area (Å²) in [5.74, 6) is -2.75. The number of aromatic nitrogens is 2. The van der Waals surface area contributed by atoms with Gasteiger partial charge in [-0.15, -0.1) is 0 Å². The molecule has 2 aromatic heterocycles. The second-order valence-corrected chi connectivity index (χ2v) is 6.04. The summed E-state index contributed by atoms with van der Waals surface area (Å²) in [5, 5.41) is 19.5. The van der Waals surface area contributed by atoms with Crippen LogP contribution in [-0.4, -0.2) is 45.8 Å². The molecule has 8 nitrogen and oxygen atoms in total. The SMILES string of the molecule is COc1ccc2[nH]c(C)c(CCNCc3cccnc3)c2c1.O=C(O)C(=O)O. The molecule has 0 amide bonds. The topological polar surface area (TPSA) is 125 Å². The molecule has 0 aliphatic carbocycles. The number of aromatic amines is 1. The van der Waals surface area contributed by atoms with Crippen molar-refractivity contribution in [3.05, 3.63) is 59.5 Å². The maximum Gasteiger partial charge on any atom is 0.414 e. The Balaban J connectivity index is 0.000000409. The van der Waals surface area contributed by atoms with Gasteiger partial charge in [0.05, 0.1) is 7.11 Å². The first-order chi connectivity index (χ1) is 13.4. The number of benzene rings is 1. The van der Waals surface area contributed by atoms with Crippen LogP contribution in [0.3, 0.4) is 0 Å². The van der Waals surface area contributed by atoms with Crippen LogP contribution in [0.4, 0.5) is 0 Å². The predicted molar refractivity (Wildman–Crippen MR) is 105 cm³/mol. The molecule has 0 atom stereocenters. The van der Waals surface area contributed by atoms with E-state index in [0.29, 0.717) is 0 Å².